The van der Waals surface area contributed by atoms with Gasteiger partial charge >= 0.3 is 0 Å². The number of aliphatic hydroxyl groups is 1. The Kier molecular flexibility index (Phi) is 6.50. The molecule has 154 valence electrons. The van der Waals surface area contributed by atoms with Crippen molar-refractivity contribution >= 4 is 34.9 Å². The quantitative estimate of drug-likeness (QED) is 0.544. The fraction of sp³-hybridized carbons (Fsp3) is 0.174. The van der Waals surface area contributed by atoms with Crippen LogP contribution in [0.15, 0.2) is 66.9 Å². The van der Waals surface area contributed by atoms with Crippen LogP contribution in [0.2, 0.25) is 5.02 Å². The number of hydrogen-bond donors (Lipinski definition) is 3. The van der Waals surface area contributed by atoms with Gasteiger partial charge in [-0.1, -0.05) is 49.7 Å². The molecule has 3 rings (SSSR count). The third-order valence-corrected chi connectivity index (χ3v) is 4.94. The number of anilines is 2. The van der Waals surface area contributed by atoms with E-state index in [-0.39, 0.29) is 12.5 Å². The molecule has 3 aromatic rings. The number of para-hydroxylation sites is 1. The maximum absolute atomic E-state index is 12.7. The average Bonchev–Trinajstić information content (AvgIpc) is 2.75. The summed E-state index contributed by atoms with van der Waals surface area (Å²) in [7, 11) is 0. The third kappa shape index (κ3) is 5.03. The van der Waals surface area contributed by atoms with E-state index in [1.54, 1.807) is 48.5 Å². The Balaban J connectivity index is 1.76. The highest BCUT2D eigenvalue weighted by molar-refractivity contribution is 6.30. The van der Waals surface area contributed by atoms with Gasteiger partial charge in [0.1, 0.15) is 5.82 Å². The van der Waals surface area contributed by atoms with Crippen molar-refractivity contribution in [3.8, 4) is 0 Å². The van der Waals surface area contributed by atoms with Gasteiger partial charge in [-0.15, -0.1) is 0 Å². The summed E-state index contributed by atoms with van der Waals surface area (Å²) in [6, 6.07) is 17.0. The minimum absolute atomic E-state index is 0.00348. The van der Waals surface area contributed by atoms with Crippen LogP contribution in [0.25, 0.3) is 0 Å². The van der Waals surface area contributed by atoms with Crippen LogP contribution in [0.5, 0.6) is 0 Å². The van der Waals surface area contributed by atoms with Crippen LogP contribution in [0.3, 0.4) is 0 Å². The standard InChI is InChI=1S/C23H22ClN3O3/c1-23(2,14-28)16-9-7-15(8-10-16)21(29)26-19-6-4-3-5-18(19)22(30)27-20-12-11-17(24)13-25-20/h3-13,28H,14H2,1-2H3,(H,26,29)(H,25,27,30). The zero-order valence-corrected chi connectivity index (χ0v) is 17.4. The first kappa shape index (κ1) is 21.5. The second-order valence-corrected chi connectivity index (χ2v) is 7.87. The van der Waals surface area contributed by atoms with Crippen molar-refractivity contribution in [2.75, 3.05) is 17.2 Å². The van der Waals surface area contributed by atoms with Gasteiger partial charge in [-0.3, -0.25) is 9.59 Å². The normalized spacial score (nSPS) is 11.1. The SMILES string of the molecule is CC(C)(CO)c1ccc(C(=O)Nc2ccccc2C(=O)Nc2ccc(Cl)cn2)cc1. The molecule has 0 bridgehead atoms. The van der Waals surface area contributed by atoms with E-state index in [9.17, 15) is 14.7 Å². The van der Waals surface area contributed by atoms with Crippen LogP contribution in [0.1, 0.15) is 40.1 Å². The van der Waals surface area contributed by atoms with Gasteiger partial charge < -0.3 is 15.7 Å². The number of rotatable bonds is 6. The second kappa shape index (κ2) is 9.07. The number of aromatic nitrogens is 1. The number of nitrogens with zero attached hydrogens (tertiary/aromatic N) is 1. The van der Waals surface area contributed by atoms with E-state index >= 15 is 0 Å². The smallest absolute Gasteiger partial charge is 0.258 e. The zero-order chi connectivity index (χ0) is 21.7. The molecule has 0 saturated heterocycles. The van der Waals surface area contributed by atoms with Gasteiger partial charge in [0.2, 0.25) is 0 Å². The van der Waals surface area contributed by atoms with Gasteiger partial charge in [0.15, 0.2) is 0 Å². The van der Waals surface area contributed by atoms with Gasteiger partial charge in [0.25, 0.3) is 11.8 Å². The molecule has 0 saturated carbocycles. The van der Waals surface area contributed by atoms with E-state index in [4.69, 9.17) is 11.6 Å². The molecule has 6 nitrogen and oxygen atoms in total. The fourth-order valence-corrected chi connectivity index (χ4v) is 2.89. The highest BCUT2D eigenvalue weighted by Crippen LogP contribution is 2.23. The van der Waals surface area contributed by atoms with Crippen molar-refractivity contribution in [2.24, 2.45) is 0 Å². The first-order valence-electron chi connectivity index (χ1n) is 9.35. The number of aliphatic hydroxyl groups excluding tert-OH is 1. The van der Waals surface area contributed by atoms with E-state index in [1.165, 1.54) is 6.20 Å². The largest absolute Gasteiger partial charge is 0.395 e. The number of nitrogens with one attached hydrogen (secondary N) is 2. The number of hydrogen-bond acceptors (Lipinski definition) is 4. The fourth-order valence-electron chi connectivity index (χ4n) is 2.78. The molecule has 3 N–H and O–H groups in total. The number of pyridine rings is 1. The molecular weight excluding hydrogens is 402 g/mol. The summed E-state index contributed by atoms with van der Waals surface area (Å²) in [6.45, 7) is 3.85. The van der Waals surface area contributed by atoms with Crippen molar-refractivity contribution in [3.05, 3.63) is 88.6 Å². The lowest BCUT2D eigenvalue weighted by Gasteiger charge is -2.22. The van der Waals surface area contributed by atoms with Crippen LogP contribution < -0.4 is 10.6 Å². The molecule has 0 atom stereocenters. The van der Waals surface area contributed by atoms with Crippen molar-refractivity contribution in [1.29, 1.82) is 0 Å². The molecule has 2 amide bonds. The minimum atomic E-state index is -0.402. The molecule has 30 heavy (non-hydrogen) atoms. The molecular formula is C23H22ClN3O3. The highest BCUT2D eigenvalue weighted by Gasteiger charge is 2.20. The van der Waals surface area contributed by atoms with Crippen LogP contribution >= 0.6 is 11.6 Å². The predicted molar refractivity (Wildman–Crippen MR) is 118 cm³/mol. The zero-order valence-electron chi connectivity index (χ0n) is 16.6. The Labute approximate surface area is 179 Å². The molecule has 0 fully saturated rings. The summed E-state index contributed by atoms with van der Waals surface area (Å²) >= 11 is 5.81. The van der Waals surface area contributed by atoms with Gasteiger partial charge in [-0.05, 0) is 42.0 Å². The minimum Gasteiger partial charge on any atom is -0.395 e. The maximum atomic E-state index is 12.7. The summed E-state index contributed by atoms with van der Waals surface area (Å²) in [6.07, 6.45) is 1.44. The van der Waals surface area contributed by atoms with E-state index in [0.29, 0.717) is 27.7 Å². The van der Waals surface area contributed by atoms with E-state index in [2.05, 4.69) is 15.6 Å². The highest BCUT2D eigenvalue weighted by atomic mass is 35.5. The van der Waals surface area contributed by atoms with Crippen LogP contribution in [0.4, 0.5) is 11.5 Å². The van der Waals surface area contributed by atoms with Crippen LogP contribution in [-0.2, 0) is 5.41 Å². The molecule has 1 heterocycles. The van der Waals surface area contributed by atoms with E-state index < -0.39 is 11.3 Å². The second-order valence-electron chi connectivity index (χ2n) is 7.43. The lowest BCUT2D eigenvalue weighted by atomic mass is 9.85. The van der Waals surface area contributed by atoms with Crippen LogP contribution in [0, 0.1) is 0 Å². The molecule has 1 aromatic heterocycles. The summed E-state index contributed by atoms with van der Waals surface area (Å²) in [4.78, 5) is 29.4. The van der Waals surface area contributed by atoms with E-state index in [0.717, 1.165) is 5.56 Å². The average molecular weight is 424 g/mol. The first-order chi connectivity index (χ1) is 14.3. The van der Waals surface area contributed by atoms with Gasteiger partial charge in [0, 0.05) is 17.2 Å². The summed E-state index contributed by atoms with van der Waals surface area (Å²) in [5.74, 6) is -0.387. The Morgan fingerprint density at radius 1 is 0.967 bits per heavy atom. The molecule has 2 aromatic carbocycles. The summed E-state index contributed by atoms with van der Waals surface area (Å²) in [5, 5.41) is 15.4. The van der Waals surface area contributed by atoms with Crippen molar-refractivity contribution in [1.82, 2.24) is 4.98 Å². The van der Waals surface area contributed by atoms with Gasteiger partial charge in [-0.2, -0.15) is 0 Å². The summed E-state index contributed by atoms with van der Waals surface area (Å²) in [5.41, 5.74) is 1.67. The summed E-state index contributed by atoms with van der Waals surface area (Å²) < 4.78 is 0. The van der Waals surface area contributed by atoms with Crippen molar-refractivity contribution < 1.29 is 14.7 Å². The Bertz CT molecular complexity index is 1050. The van der Waals surface area contributed by atoms with Crippen molar-refractivity contribution in [3.63, 3.8) is 0 Å². The number of benzene rings is 2. The molecule has 0 aliphatic carbocycles. The lowest BCUT2D eigenvalue weighted by Crippen LogP contribution is -2.22. The molecule has 0 unspecified atom stereocenters. The number of carbonyl (C=O) groups is 2. The maximum Gasteiger partial charge on any atom is 0.258 e. The monoisotopic (exact) mass is 423 g/mol. The molecule has 0 radical (unpaired) electrons. The third-order valence-electron chi connectivity index (χ3n) is 4.71. The van der Waals surface area contributed by atoms with E-state index in [1.807, 2.05) is 26.0 Å². The predicted octanol–water partition coefficient (Wildman–Crippen LogP) is 4.51. The number of carbonyl (C=O) groups excluding carboxylic acids is 2. The molecule has 0 aliphatic rings. The van der Waals surface area contributed by atoms with Crippen LogP contribution in [-0.4, -0.2) is 28.5 Å². The molecule has 0 spiro atoms. The number of halogens is 1. The molecule has 0 aliphatic heterocycles. The number of amides is 2. The van der Waals surface area contributed by atoms with Gasteiger partial charge in [-0.25, -0.2) is 4.98 Å². The topological polar surface area (TPSA) is 91.3 Å². The Morgan fingerprint density at radius 2 is 1.67 bits per heavy atom. The first-order valence-corrected chi connectivity index (χ1v) is 9.72. The van der Waals surface area contributed by atoms with Gasteiger partial charge in [0.05, 0.1) is 22.9 Å². The molecule has 7 heteroatoms. The van der Waals surface area contributed by atoms with Crippen molar-refractivity contribution in [2.45, 2.75) is 19.3 Å². The Hall–Kier alpha value is -3.22. The Morgan fingerprint density at radius 3 is 2.30 bits per heavy atom. The lowest BCUT2D eigenvalue weighted by molar-refractivity contribution is 0.102.